The number of hydrogen-bond donors (Lipinski definition) is 1. The van der Waals surface area contributed by atoms with Crippen molar-refractivity contribution in [1.82, 2.24) is 0 Å². The van der Waals surface area contributed by atoms with E-state index < -0.39 is 0 Å². The van der Waals surface area contributed by atoms with Gasteiger partial charge in [-0.3, -0.25) is 9.59 Å². The van der Waals surface area contributed by atoms with Gasteiger partial charge >= 0.3 is 0 Å². The SMILES string of the molecule is CCN(C(C)=O)c1cccc(C(=O)/C=C/N)c1. The van der Waals surface area contributed by atoms with Gasteiger partial charge in [0.15, 0.2) is 5.78 Å². The summed E-state index contributed by atoms with van der Waals surface area (Å²) in [4.78, 5) is 24.6. The average molecular weight is 232 g/mol. The van der Waals surface area contributed by atoms with Crippen LogP contribution in [-0.4, -0.2) is 18.2 Å². The molecule has 0 fully saturated rings. The molecule has 0 unspecified atom stereocenters. The van der Waals surface area contributed by atoms with Gasteiger partial charge in [-0.05, 0) is 25.3 Å². The lowest BCUT2D eigenvalue weighted by atomic mass is 10.1. The third-order valence-corrected chi connectivity index (χ3v) is 2.39. The van der Waals surface area contributed by atoms with E-state index in [0.29, 0.717) is 12.1 Å². The molecular weight excluding hydrogens is 216 g/mol. The second-order valence-corrected chi connectivity index (χ2v) is 3.54. The van der Waals surface area contributed by atoms with Gasteiger partial charge in [0.1, 0.15) is 0 Å². The lowest BCUT2D eigenvalue weighted by molar-refractivity contribution is -0.116. The van der Waals surface area contributed by atoms with Gasteiger partial charge in [-0.2, -0.15) is 0 Å². The standard InChI is InChI=1S/C13H16N2O2/c1-3-15(10(2)16)12-6-4-5-11(9-12)13(17)7-8-14/h4-9H,3,14H2,1-2H3/b8-7+. The first-order valence-corrected chi connectivity index (χ1v) is 5.41. The average Bonchev–Trinajstić information content (AvgIpc) is 2.30. The van der Waals surface area contributed by atoms with E-state index >= 15 is 0 Å². The Balaban J connectivity index is 3.08. The summed E-state index contributed by atoms with van der Waals surface area (Å²) in [5.74, 6) is -0.222. The summed E-state index contributed by atoms with van der Waals surface area (Å²) in [6, 6.07) is 6.93. The fourth-order valence-electron chi connectivity index (χ4n) is 1.60. The van der Waals surface area contributed by atoms with E-state index in [4.69, 9.17) is 5.73 Å². The lowest BCUT2D eigenvalue weighted by Crippen LogP contribution is -2.27. The van der Waals surface area contributed by atoms with Crippen LogP contribution in [0.25, 0.3) is 0 Å². The van der Waals surface area contributed by atoms with E-state index in [9.17, 15) is 9.59 Å². The molecule has 0 saturated heterocycles. The fourth-order valence-corrected chi connectivity index (χ4v) is 1.60. The Morgan fingerprint density at radius 3 is 2.65 bits per heavy atom. The molecule has 0 atom stereocenters. The van der Waals surface area contributed by atoms with Crippen molar-refractivity contribution in [2.75, 3.05) is 11.4 Å². The first-order valence-electron chi connectivity index (χ1n) is 5.41. The molecule has 2 N–H and O–H groups in total. The monoisotopic (exact) mass is 232 g/mol. The fraction of sp³-hybridized carbons (Fsp3) is 0.231. The van der Waals surface area contributed by atoms with Crippen molar-refractivity contribution >= 4 is 17.4 Å². The maximum atomic E-state index is 11.6. The predicted octanol–water partition coefficient (Wildman–Crippen LogP) is 1.71. The molecule has 0 aliphatic heterocycles. The third-order valence-electron chi connectivity index (χ3n) is 2.39. The summed E-state index contributed by atoms with van der Waals surface area (Å²) in [6.07, 6.45) is 2.50. The van der Waals surface area contributed by atoms with Crippen LogP contribution >= 0.6 is 0 Å². The first-order chi connectivity index (χ1) is 8.10. The summed E-state index contributed by atoms with van der Waals surface area (Å²) < 4.78 is 0. The van der Waals surface area contributed by atoms with Crippen molar-refractivity contribution < 1.29 is 9.59 Å². The molecule has 0 heterocycles. The number of benzene rings is 1. The summed E-state index contributed by atoms with van der Waals surface area (Å²) in [7, 11) is 0. The van der Waals surface area contributed by atoms with Crippen LogP contribution in [-0.2, 0) is 4.79 Å². The quantitative estimate of drug-likeness (QED) is 0.635. The molecule has 0 bridgehead atoms. The summed E-state index contributed by atoms with van der Waals surface area (Å²) in [5, 5.41) is 0. The molecule has 1 rings (SSSR count). The van der Waals surface area contributed by atoms with Gasteiger partial charge in [-0.15, -0.1) is 0 Å². The van der Waals surface area contributed by atoms with Gasteiger partial charge in [0.2, 0.25) is 5.91 Å². The zero-order valence-electron chi connectivity index (χ0n) is 10.0. The van der Waals surface area contributed by atoms with Gasteiger partial charge in [-0.1, -0.05) is 12.1 Å². The molecule has 0 spiro atoms. The summed E-state index contributed by atoms with van der Waals surface area (Å²) in [6.45, 7) is 3.95. The molecule has 0 aromatic heterocycles. The highest BCUT2D eigenvalue weighted by atomic mass is 16.2. The Labute approximate surface area is 101 Å². The summed E-state index contributed by atoms with van der Waals surface area (Å²) >= 11 is 0. The van der Waals surface area contributed by atoms with Gasteiger partial charge in [0.05, 0.1) is 0 Å². The molecule has 1 aromatic rings. The zero-order chi connectivity index (χ0) is 12.8. The number of nitrogens with zero attached hydrogens (tertiary/aromatic N) is 1. The Morgan fingerprint density at radius 1 is 1.41 bits per heavy atom. The van der Waals surface area contributed by atoms with Gasteiger partial charge in [-0.25, -0.2) is 0 Å². The predicted molar refractivity (Wildman–Crippen MR) is 67.8 cm³/mol. The van der Waals surface area contributed by atoms with E-state index in [1.165, 1.54) is 19.2 Å². The van der Waals surface area contributed by atoms with Crippen LogP contribution in [0.4, 0.5) is 5.69 Å². The highest BCUT2D eigenvalue weighted by Gasteiger charge is 2.10. The van der Waals surface area contributed by atoms with Crippen molar-refractivity contribution in [3.05, 3.63) is 42.1 Å². The van der Waals surface area contributed by atoms with Crippen molar-refractivity contribution in [2.45, 2.75) is 13.8 Å². The van der Waals surface area contributed by atoms with Crippen LogP contribution in [0.3, 0.4) is 0 Å². The topological polar surface area (TPSA) is 63.4 Å². The molecule has 17 heavy (non-hydrogen) atoms. The molecule has 1 aromatic carbocycles. The maximum absolute atomic E-state index is 11.6. The molecule has 4 heteroatoms. The molecule has 1 amide bonds. The van der Waals surface area contributed by atoms with E-state index in [2.05, 4.69) is 0 Å². The minimum absolute atomic E-state index is 0.0496. The molecule has 0 saturated carbocycles. The van der Waals surface area contributed by atoms with E-state index in [1.807, 2.05) is 6.92 Å². The van der Waals surface area contributed by atoms with Gasteiger partial charge in [0.25, 0.3) is 0 Å². The lowest BCUT2D eigenvalue weighted by Gasteiger charge is -2.19. The van der Waals surface area contributed by atoms with Crippen LogP contribution in [0.15, 0.2) is 36.5 Å². The number of hydrogen-bond acceptors (Lipinski definition) is 3. The number of anilines is 1. The highest BCUT2D eigenvalue weighted by Crippen LogP contribution is 2.16. The largest absolute Gasteiger partial charge is 0.404 e. The minimum Gasteiger partial charge on any atom is -0.404 e. The van der Waals surface area contributed by atoms with Crippen molar-refractivity contribution in [2.24, 2.45) is 5.73 Å². The van der Waals surface area contributed by atoms with Crippen LogP contribution < -0.4 is 10.6 Å². The van der Waals surface area contributed by atoms with E-state index in [0.717, 1.165) is 5.69 Å². The van der Waals surface area contributed by atoms with Crippen molar-refractivity contribution in [3.8, 4) is 0 Å². The number of rotatable bonds is 4. The van der Waals surface area contributed by atoms with Crippen LogP contribution in [0.1, 0.15) is 24.2 Å². The van der Waals surface area contributed by atoms with Crippen LogP contribution in [0, 0.1) is 0 Å². The Bertz CT molecular complexity index is 452. The second-order valence-electron chi connectivity index (χ2n) is 3.54. The Kier molecular flexibility index (Phi) is 4.46. The van der Waals surface area contributed by atoms with Crippen molar-refractivity contribution in [1.29, 1.82) is 0 Å². The highest BCUT2D eigenvalue weighted by molar-refractivity contribution is 6.05. The number of allylic oxidation sites excluding steroid dienone is 1. The normalized spacial score (nSPS) is 10.5. The molecule has 0 aliphatic carbocycles. The number of nitrogens with two attached hydrogens (primary N) is 1. The number of carbonyl (C=O) groups is 2. The molecule has 4 nitrogen and oxygen atoms in total. The number of carbonyl (C=O) groups excluding carboxylic acids is 2. The van der Waals surface area contributed by atoms with E-state index in [1.54, 1.807) is 29.2 Å². The zero-order valence-corrected chi connectivity index (χ0v) is 10.0. The molecule has 0 aliphatic rings. The van der Waals surface area contributed by atoms with Gasteiger partial charge < -0.3 is 10.6 Å². The van der Waals surface area contributed by atoms with Crippen molar-refractivity contribution in [3.63, 3.8) is 0 Å². The number of amides is 1. The molecule has 90 valence electrons. The maximum Gasteiger partial charge on any atom is 0.223 e. The summed E-state index contributed by atoms with van der Waals surface area (Å²) in [5.41, 5.74) is 6.41. The van der Waals surface area contributed by atoms with Crippen LogP contribution in [0.5, 0.6) is 0 Å². The first kappa shape index (κ1) is 13.0. The third kappa shape index (κ3) is 3.17. The minimum atomic E-state index is -0.172. The molecule has 0 radical (unpaired) electrons. The smallest absolute Gasteiger partial charge is 0.223 e. The Hall–Kier alpha value is -2.10. The number of ketones is 1. The van der Waals surface area contributed by atoms with Crippen LogP contribution in [0.2, 0.25) is 0 Å². The van der Waals surface area contributed by atoms with Gasteiger partial charge in [0, 0.05) is 30.8 Å². The van der Waals surface area contributed by atoms with E-state index in [-0.39, 0.29) is 11.7 Å². The molecular formula is C13H16N2O2. The second kappa shape index (κ2) is 5.84. The Morgan fingerprint density at radius 2 is 2.12 bits per heavy atom.